The van der Waals surface area contributed by atoms with Gasteiger partial charge in [-0.25, -0.2) is 0 Å². The van der Waals surface area contributed by atoms with Gasteiger partial charge in [0.05, 0.1) is 0 Å². The maximum Gasteiger partial charge on any atom is 0.0431 e. The minimum absolute atomic E-state index is 0.0991. The summed E-state index contributed by atoms with van der Waals surface area (Å²) < 4.78 is 0. The van der Waals surface area contributed by atoms with Crippen LogP contribution in [0, 0.1) is 5.41 Å². The number of nitrogens with two attached hydrogens (primary N) is 1. The first-order valence-corrected chi connectivity index (χ1v) is 6.56. The van der Waals surface area contributed by atoms with Gasteiger partial charge in [-0.15, -0.1) is 0 Å². The van der Waals surface area contributed by atoms with E-state index < -0.39 is 0 Å². The number of nitrogens with one attached hydrogen (secondary N) is 1. The van der Waals surface area contributed by atoms with Crippen molar-refractivity contribution in [2.75, 3.05) is 13.2 Å². The highest BCUT2D eigenvalue weighted by Crippen LogP contribution is 2.45. The number of rotatable bonds is 6. The Bertz CT molecular complexity index is 218. The van der Waals surface area contributed by atoms with Crippen LogP contribution in [0.25, 0.3) is 0 Å². The van der Waals surface area contributed by atoms with Crippen LogP contribution in [0.5, 0.6) is 0 Å². The highest BCUT2D eigenvalue weighted by Gasteiger charge is 2.47. The van der Waals surface area contributed by atoms with E-state index >= 15 is 0 Å². The smallest absolute Gasteiger partial charge is 0.0431 e. The van der Waals surface area contributed by atoms with Gasteiger partial charge in [-0.2, -0.15) is 0 Å². The van der Waals surface area contributed by atoms with Gasteiger partial charge in [0.2, 0.25) is 0 Å². The van der Waals surface area contributed by atoms with Gasteiger partial charge >= 0.3 is 0 Å². The Kier molecular flexibility index (Phi) is 4.77. The van der Waals surface area contributed by atoms with Crippen molar-refractivity contribution in [2.24, 2.45) is 11.1 Å². The lowest BCUT2D eigenvalue weighted by Crippen LogP contribution is -2.60. The number of hydrogen-bond acceptors (Lipinski definition) is 3. The van der Waals surface area contributed by atoms with Gasteiger partial charge in [-0.05, 0) is 38.0 Å². The summed E-state index contributed by atoms with van der Waals surface area (Å²) in [5.74, 6) is 0. The molecule has 2 unspecified atom stereocenters. The van der Waals surface area contributed by atoms with Gasteiger partial charge in [-0.3, -0.25) is 0 Å². The lowest BCUT2D eigenvalue weighted by molar-refractivity contribution is 0.144. The molecule has 3 nitrogen and oxygen atoms in total. The minimum atomic E-state index is 0.0991. The SMILES string of the molecule is CC(CCCO)NC1(CN)CCCC1(C)C. The zero-order valence-electron chi connectivity index (χ0n) is 11.1. The number of hydrogen-bond donors (Lipinski definition) is 3. The van der Waals surface area contributed by atoms with Gasteiger partial charge in [0.1, 0.15) is 0 Å². The van der Waals surface area contributed by atoms with E-state index in [1.54, 1.807) is 0 Å². The molecule has 0 amide bonds. The van der Waals surface area contributed by atoms with Crippen molar-refractivity contribution >= 4 is 0 Å². The maximum absolute atomic E-state index is 8.85. The Morgan fingerprint density at radius 2 is 2.06 bits per heavy atom. The second-order valence-electron chi connectivity index (χ2n) is 5.93. The molecule has 0 bridgehead atoms. The summed E-state index contributed by atoms with van der Waals surface area (Å²) >= 11 is 0. The highest BCUT2D eigenvalue weighted by molar-refractivity contribution is 5.06. The monoisotopic (exact) mass is 228 g/mol. The van der Waals surface area contributed by atoms with Crippen LogP contribution in [0.4, 0.5) is 0 Å². The zero-order chi connectivity index (χ0) is 12.2. The van der Waals surface area contributed by atoms with Crippen LogP contribution in [0.1, 0.15) is 52.9 Å². The summed E-state index contributed by atoms with van der Waals surface area (Å²) in [7, 11) is 0. The Balaban J connectivity index is 2.60. The molecule has 2 atom stereocenters. The fraction of sp³-hybridized carbons (Fsp3) is 1.00. The quantitative estimate of drug-likeness (QED) is 0.648. The lowest BCUT2D eigenvalue weighted by Gasteiger charge is -2.44. The molecule has 0 aromatic carbocycles. The molecule has 1 rings (SSSR count). The third-order valence-corrected chi connectivity index (χ3v) is 4.37. The fourth-order valence-corrected chi connectivity index (χ4v) is 3.06. The van der Waals surface area contributed by atoms with Crippen molar-refractivity contribution in [3.05, 3.63) is 0 Å². The van der Waals surface area contributed by atoms with Crippen LogP contribution >= 0.6 is 0 Å². The predicted molar refractivity (Wildman–Crippen MR) is 68.3 cm³/mol. The molecule has 1 saturated carbocycles. The second kappa shape index (κ2) is 5.48. The van der Waals surface area contributed by atoms with E-state index in [2.05, 4.69) is 26.1 Å². The third kappa shape index (κ3) is 2.76. The van der Waals surface area contributed by atoms with E-state index in [1.807, 2.05) is 0 Å². The molecule has 1 aliphatic carbocycles. The zero-order valence-corrected chi connectivity index (χ0v) is 11.1. The van der Waals surface area contributed by atoms with Crippen LogP contribution in [0.3, 0.4) is 0 Å². The summed E-state index contributed by atoms with van der Waals surface area (Å²) in [5.41, 5.74) is 6.40. The molecule has 0 aromatic heterocycles. The predicted octanol–water partition coefficient (Wildman–Crippen LogP) is 1.64. The summed E-state index contributed by atoms with van der Waals surface area (Å²) in [6.45, 7) is 7.83. The Hall–Kier alpha value is -0.120. The minimum Gasteiger partial charge on any atom is -0.396 e. The van der Waals surface area contributed by atoms with E-state index in [9.17, 15) is 0 Å². The summed E-state index contributed by atoms with van der Waals surface area (Å²) in [5, 5.41) is 12.6. The molecule has 96 valence electrons. The molecule has 0 heterocycles. The molecule has 0 aliphatic heterocycles. The first-order chi connectivity index (χ1) is 7.47. The van der Waals surface area contributed by atoms with Crippen LogP contribution in [-0.2, 0) is 0 Å². The molecular weight excluding hydrogens is 200 g/mol. The molecule has 3 heteroatoms. The third-order valence-electron chi connectivity index (χ3n) is 4.37. The summed E-state index contributed by atoms with van der Waals surface area (Å²) in [6, 6.07) is 0.438. The van der Waals surface area contributed by atoms with E-state index in [-0.39, 0.29) is 17.6 Å². The Morgan fingerprint density at radius 1 is 1.38 bits per heavy atom. The van der Waals surface area contributed by atoms with Crippen molar-refractivity contribution in [1.29, 1.82) is 0 Å². The Labute approximate surface area is 99.8 Å². The average molecular weight is 228 g/mol. The second-order valence-corrected chi connectivity index (χ2v) is 5.93. The van der Waals surface area contributed by atoms with Gasteiger partial charge < -0.3 is 16.2 Å². The molecular formula is C13H28N2O. The average Bonchev–Trinajstić information content (AvgIpc) is 2.52. The van der Waals surface area contributed by atoms with Crippen molar-refractivity contribution in [2.45, 2.75) is 64.5 Å². The molecule has 1 aliphatic rings. The van der Waals surface area contributed by atoms with Crippen LogP contribution in [0.2, 0.25) is 0 Å². The first kappa shape index (κ1) is 13.9. The Morgan fingerprint density at radius 3 is 2.50 bits per heavy atom. The van der Waals surface area contributed by atoms with Crippen LogP contribution in [0.15, 0.2) is 0 Å². The normalized spacial score (nSPS) is 30.6. The lowest BCUT2D eigenvalue weighted by atomic mass is 9.74. The fourth-order valence-electron chi connectivity index (χ4n) is 3.06. The molecule has 4 N–H and O–H groups in total. The standard InChI is InChI=1S/C13H28N2O/c1-11(6-4-9-16)15-13(10-14)8-5-7-12(13,2)3/h11,15-16H,4-10,14H2,1-3H3. The number of aliphatic hydroxyl groups is 1. The van der Waals surface area contributed by atoms with Gasteiger partial charge in [0, 0.05) is 24.7 Å². The van der Waals surface area contributed by atoms with Crippen molar-refractivity contribution in [3.8, 4) is 0 Å². The molecule has 1 fully saturated rings. The van der Waals surface area contributed by atoms with E-state index in [1.165, 1.54) is 19.3 Å². The highest BCUT2D eigenvalue weighted by atomic mass is 16.2. The van der Waals surface area contributed by atoms with Crippen molar-refractivity contribution < 1.29 is 5.11 Å². The maximum atomic E-state index is 8.85. The molecule has 0 spiro atoms. The van der Waals surface area contributed by atoms with Crippen LogP contribution in [-0.4, -0.2) is 29.8 Å². The van der Waals surface area contributed by atoms with E-state index in [0.29, 0.717) is 12.6 Å². The van der Waals surface area contributed by atoms with Crippen LogP contribution < -0.4 is 11.1 Å². The van der Waals surface area contributed by atoms with E-state index in [0.717, 1.165) is 12.8 Å². The van der Waals surface area contributed by atoms with Crippen molar-refractivity contribution in [1.82, 2.24) is 5.32 Å². The largest absolute Gasteiger partial charge is 0.396 e. The van der Waals surface area contributed by atoms with Crippen molar-refractivity contribution in [3.63, 3.8) is 0 Å². The molecule has 0 radical (unpaired) electrons. The van der Waals surface area contributed by atoms with Gasteiger partial charge in [0.15, 0.2) is 0 Å². The summed E-state index contributed by atoms with van der Waals surface area (Å²) in [6.07, 6.45) is 5.59. The molecule has 0 aromatic rings. The molecule has 16 heavy (non-hydrogen) atoms. The van der Waals surface area contributed by atoms with E-state index in [4.69, 9.17) is 10.8 Å². The molecule has 0 saturated heterocycles. The van der Waals surface area contributed by atoms with Gasteiger partial charge in [0.25, 0.3) is 0 Å². The first-order valence-electron chi connectivity index (χ1n) is 6.56. The summed E-state index contributed by atoms with van der Waals surface area (Å²) in [4.78, 5) is 0. The number of aliphatic hydroxyl groups excluding tert-OH is 1. The topological polar surface area (TPSA) is 58.3 Å². The van der Waals surface area contributed by atoms with Gasteiger partial charge in [-0.1, -0.05) is 20.3 Å².